The molecule has 0 aromatic heterocycles. The number of epoxide rings is 1. The molecular formula is C56H86O5. The molecule has 1 N–H and O–H groups in total. The Morgan fingerprint density at radius 3 is 1.79 bits per heavy atom. The molecular weight excluding hydrogens is 753 g/mol. The van der Waals surface area contributed by atoms with Crippen molar-refractivity contribution < 1.29 is 24.1 Å². The maximum atomic E-state index is 12.8. The van der Waals surface area contributed by atoms with Gasteiger partial charge in [0.1, 0.15) is 17.3 Å². The van der Waals surface area contributed by atoms with E-state index in [-0.39, 0.29) is 46.3 Å². The Hall–Kier alpha value is -2.99. The Morgan fingerprint density at radius 2 is 1.21 bits per heavy atom. The van der Waals surface area contributed by atoms with Crippen molar-refractivity contribution in [3.63, 3.8) is 0 Å². The maximum absolute atomic E-state index is 12.8. The van der Waals surface area contributed by atoms with E-state index >= 15 is 0 Å². The molecule has 4 rings (SSSR count). The zero-order chi connectivity index (χ0) is 44.7. The van der Waals surface area contributed by atoms with Crippen LogP contribution in [0.2, 0.25) is 0 Å². The van der Waals surface area contributed by atoms with Crippen molar-refractivity contribution in [3.8, 4) is 0 Å². The lowest BCUT2D eigenvalue weighted by Gasteiger charge is -2.44. The maximum Gasteiger partial charge on any atom is 0.306 e. The number of esters is 1. The summed E-state index contributed by atoms with van der Waals surface area (Å²) in [5, 5.41) is 10.4. The average molecular weight is 839 g/mol. The zero-order valence-electron chi connectivity index (χ0n) is 40.5. The summed E-state index contributed by atoms with van der Waals surface area (Å²) >= 11 is 0. The molecule has 0 amide bonds. The summed E-state index contributed by atoms with van der Waals surface area (Å²) in [4.78, 5) is 12.8. The lowest BCUT2D eigenvalue weighted by molar-refractivity contribution is -0.152. The molecule has 2 aliphatic heterocycles. The summed E-state index contributed by atoms with van der Waals surface area (Å²) in [6, 6.07) is 0. The van der Waals surface area contributed by atoms with Crippen LogP contribution in [0.15, 0.2) is 107 Å². The van der Waals surface area contributed by atoms with Crippen molar-refractivity contribution >= 4 is 5.97 Å². The molecule has 0 aromatic rings. The molecule has 2 aliphatic carbocycles. The van der Waals surface area contributed by atoms with Gasteiger partial charge in [-0.15, -0.1) is 0 Å². The third-order valence-electron chi connectivity index (χ3n) is 13.9. The molecule has 0 aromatic carbocycles. The van der Waals surface area contributed by atoms with Gasteiger partial charge < -0.3 is 19.3 Å². The summed E-state index contributed by atoms with van der Waals surface area (Å²) in [6.45, 7) is 24.0. The molecule has 6 unspecified atom stereocenters. The third-order valence-corrected chi connectivity index (χ3v) is 13.9. The SMILES string of the molecule is CCCCCCCCCCCCCCCC(=O)OC1CC(C)(C)C2(/C=C/C(C)=C/C=C/C(C)=C/C=C/C=C(C)/C=C/C=C(\C)C3C=C4C(C)(C)CC(O)CC4(C)O3)OC2(C)C1. The number of ether oxygens (including phenoxy) is 3. The number of unbranched alkanes of at least 4 members (excludes halogenated alkanes) is 12. The summed E-state index contributed by atoms with van der Waals surface area (Å²) in [5.74, 6) is -0.0485. The third kappa shape index (κ3) is 14.8. The largest absolute Gasteiger partial charge is 0.462 e. The van der Waals surface area contributed by atoms with Gasteiger partial charge in [0, 0.05) is 24.7 Å². The zero-order valence-corrected chi connectivity index (χ0v) is 40.5. The van der Waals surface area contributed by atoms with Crippen LogP contribution in [-0.4, -0.2) is 46.2 Å². The fourth-order valence-electron chi connectivity index (χ4n) is 10.5. The number of aliphatic hydroxyl groups excluding tert-OH is 1. The number of carbonyl (C=O) groups excluding carboxylic acids is 1. The number of hydrogen-bond donors (Lipinski definition) is 1. The van der Waals surface area contributed by atoms with Gasteiger partial charge in [0.2, 0.25) is 0 Å². The number of rotatable bonds is 24. The molecule has 3 fully saturated rings. The molecule has 5 heteroatoms. The van der Waals surface area contributed by atoms with Crippen molar-refractivity contribution in [2.75, 3.05) is 0 Å². The van der Waals surface area contributed by atoms with Crippen LogP contribution in [0.25, 0.3) is 0 Å². The standard InChI is InChI=1S/C56H86O5/c1-12-13-14-15-16-17-18-19-20-21-22-23-24-35-51(58)59-48-41-53(8,9)56(55(11,42-48)61-56)37-36-45(4)32-27-31-43(2)29-25-26-30-44(3)33-28-34-46(5)49-38-50-52(6,7)39-47(57)40-54(50,10)60-49/h25-34,36-38,47-49,57H,12-24,35,39-42H2,1-11H3/b26-25+,31-27+,33-28+,37-36+,43-29+,44-30+,45-32+,46-34+. The number of hydrogen-bond acceptors (Lipinski definition) is 5. The molecule has 2 saturated carbocycles. The van der Waals surface area contributed by atoms with Crippen molar-refractivity contribution in [1.82, 2.24) is 0 Å². The highest BCUT2D eigenvalue weighted by atomic mass is 16.6. The first-order valence-electron chi connectivity index (χ1n) is 24.2. The minimum absolute atomic E-state index is 0.0485. The molecule has 2 heterocycles. The highest BCUT2D eigenvalue weighted by Crippen LogP contribution is 2.66. The van der Waals surface area contributed by atoms with Gasteiger partial charge in [0.05, 0.1) is 17.8 Å². The van der Waals surface area contributed by atoms with Crippen LogP contribution in [0, 0.1) is 10.8 Å². The number of fused-ring (bicyclic) bond motifs is 2. The average Bonchev–Trinajstić information content (AvgIpc) is 3.64. The van der Waals surface area contributed by atoms with E-state index < -0.39 is 5.60 Å². The van der Waals surface area contributed by atoms with Crippen molar-refractivity contribution in [3.05, 3.63) is 107 Å². The first-order valence-corrected chi connectivity index (χ1v) is 24.2. The Labute approximate surface area is 373 Å². The van der Waals surface area contributed by atoms with Crippen LogP contribution >= 0.6 is 0 Å². The van der Waals surface area contributed by atoms with Crippen LogP contribution in [0.1, 0.15) is 192 Å². The van der Waals surface area contributed by atoms with Crippen LogP contribution in [0.5, 0.6) is 0 Å². The second kappa shape index (κ2) is 23.1. The second-order valence-corrected chi connectivity index (χ2v) is 20.8. The van der Waals surface area contributed by atoms with Crippen LogP contribution in [0.4, 0.5) is 0 Å². The van der Waals surface area contributed by atoms with E-state index in [1.807, 2.05) is 0 Å². The number of aliphatic hydroxyl groups is 1. The topological polar surface area (TPSA) is 68.3 Å². The Bertz CT molecular complexity index is 1730. The quantitative estimate of drug-likeness (QED) is 0.0345. The minimum Gasteiger partial charge on any atom is -0.462 e. The molecule has 6 atom stereocenters. The van der Waals surface area contributed by atoms with Gasteiger partial charge in [-0.2, -0.15) is 0 Å². The fraction of sp³-hybridized carbons (Fsp3) is 0.661. The van der Waals surface area contributed by atoms with E-state index in [9.17, 15) is 9.90 Å². The molecule has 1 saturated heterocycles. The van der Waals surface area contributed by atoms with Crippen molar-refractivity contribution in [2.24, 2.45) is 10.8 Å². The van der Waals surface area contributed by atoms with Gasteiger partial charge >= 0.3 is 5.97 Å². The summed E-state index contributed by atoms with van der Waals surface area (Å²) in [7, 11) is 0. The summed E-state index contributed by atoms with van der Waals surface area (Å²) in [6.07, 6.45) is 47.8. The van der Waals surface area contributed by atoms with E-state index in [1.165, 1.54) is 81.8 Å². The van der Waals surface area contributed by atoms with E-state index in [0.29, 0.717) is 12.8 Å². The van der Waals surface area contributed by atoms with Gasteiger partial charge in [-0.1, -0.05) is 195 Å². The first-order chi connectivity index (χ1) is 28.9. The highest BCUT2D eigenvalue weighted by molar-refractivity contribution is 5.69. The van der Waals surface area contributed by atoms with Crippen molar-refractivity contribution in [2.45, 2.75) is 227 Å². The second-order valence-electron chi connectivity index (χ2n) is 20.8. The fourth-order valence-corrected chi connectivity index (χ4v) is 10.5. The Morgan fingerprint density at radius 1 is 0.689 bits per heavy atom. The predicted molar refractivity (Wildman–Crippen MR) is 257 cm³/mol. The molecule has 0 bridgehead atoms. The van der Waals surface area contributed by atoms with Crippen LogP contribution < -0.4 is 0 Å². The van der Waals surface area contributed by atoms with Gasteiger partial charge in [0.25, 0.3) is 0 Å². The Balaban J connectivity index is 1.15. The molecule has 0 spiro atoms. The lowest BCUT2D eigenvalue weighted by Crippen LogP contribution is -2.47. The van der Waals surface area contributed by atoms with Gasteiger partial charge in [-0.3, -0.25) is 4.79 Å². The van der Waals surface area contributed by atoms with E-state index in [4.69, 9.17) is 14.2 Å². The number of carbonyl (C=O) groups is 1. The van der Waals surface area contributed by atoms with Crippen LogP contribution in [-0.2, 0) is 19.0 Å². The van der Waals surface area contributed by atoms with E-state index in [2.05, 4.69) is 155 Å². The summed E-state index contributed by atoms with van der Waals surface area (Å²) < 4.78 is 19.1. The van der Waals surface area contributed by atoms with Gasteiger partial charge in [-0.25, -0.2) is 0 Å². The van der Waals surface area contributed by atoms with Crippen molar-refractivity contribution in [1.29, 1.82) is 0 Å². The highest BCUT2D eigenvalue weighted by Gasteiger charge is 2.75. The lowest BCUT2D eigenvalue weighted by atomic mass is 9.63. The molecule has 5 nitrogen and oxygen atoms in total. The van der Waals surface area contributed by atoms with Gasteiger partial charge in [-0.05, 0) is 89.5 Å². The molecule has 340 valence electrons. The minimum atomic E-state index is -0.393. The molecule has 61 heavy (non-hydrogen) atoms. The van der Waals surface area contributed by atoms with E-state index in [1.54, 1.807) is 0 Å². The van der Waals surface area contributed by atoms with Gasteiger partial charge in [0.15, 0.2) is 0 Å². The molecule has 4 aliphatic rings. The van der Waals surface area contributed by atoms with E-state index in [0.717, 1.165) is 48.8 Å². The summed E-state index contributed by atoms with van der Waals surface area (Å²) in [5.41, 5.74) is 4.70. The molecule has 0 radical (unpaired) electrons. The smallest absolute Gasteiger partial charge is 0.306 e. The monoisotopic (exact) mass is 839 g/mol. The first kappa shape index (κ1) is 50.7. The predicted octanol–water partition coefficient (Wildman–Crippen LogP) is 15.0. The van der Waals surface area contributed by atoms with Crippen LogP contribution in [0.3, 0.4) is 0 Å². The normalized spacial score (nSPS) is 30.4. The number of allylic oxidation sites excluding steroid dienone is 14. The Kier molecular flexibility index (Phi) is 19.2.